The van der Waals surface area contributed by atoms with Crippen LogP contribution in [0.15, 0.2) is 46.6 Å². The first-order valence-corrected chi connectivity index (χ1v) is 8.20. The van der Waals surface area contributed by atoms with Gasteiger partial charge in [0.1, 0.15) is 0 Å². The fourth-order valence-electron chi connectivity index (χ4n) is 1.94. The van der Waals surface area contributed by atoms with E-state index in [1.54, 1.807) is 6.08 Å². The Labute approximate surface area is 137 Å². The summed E-state index contributed by atoms with van der Waals surface area (Å²) >= 11 is 0. The highest BCUT2D eigenvalue weighted by Crippen LogP contribution is 2.09. The Morgan fingerprint density at radius 2 is 1.32 bits per heavy atom. The minimum Gasteiger partial charge on any atom is -0.365 e. The Morgan fingerprint density at radius 1 is 0.818 bits per heavy atom. The quantitative estimate of drug-likeness (QED) is 0.414. The van der Waals surface area contributed by atoms with Crippen LogP contribution in [0.5, 0.6) is 0 Å². The fourth-order valence-corrected chi connectivity index (χ4v) is 1.94. The van der Waals surface area contributed by atoms with Crippen LogP contribution >= 0.6 is 0 Å². The molecule has 0 fully saturated rings. The second-order valence-electron chi connectivity index (χ2n) is 6.43. The van der Waals surface area contributed by atoms with Gasteiger partial charge in [-0.1, -0.05) is 40.5 Å². The summed E-state index contributed by atoms with van der Waals surface area (Å²) in [6, 6.07) is 0. The first-order valence-electron chi connectivity index (χ1n) is 8.20. The monoisotopic (exact) mass is 306 g/mol. The van der Waals surface area contributed by atoms with Crippen LogP contribution in [-0.4, -0.2) is 18.0 Å². The molecule has 0 spiro atoms. The molecule has 0 saturated carbocycles. The lowest BCUT2D eigenvalue weighted by Crippen LogP contribution is -2.09. The number of hydrogen-bond donors (Lipinski definition) is 1. The van der Waals surface area contributed by atoms with Crippen molar-refractivity contribution >= 4 is 0 Å². The van der Waals surface area contributed by atoms with Gasteiger partial charge < -0.3 is 9.84 Å². The topological polar surface area (TPSA) is 29.5 Å². The molecule has 2 heteroatoms. The lowest BCUT2D eigenvalue weighted by Gasteiger charge is -2.08. The van der Waals surface area contributed by atoms with Gasteiger partial charge in [-0.3, -0.25) is 0 Å². The summed E-state index contributed by atoms with van der Waals surface area (Å²) in [4.78, 5) is 0. The van der Waals surface area contributed by atoms with Crippen LogP contribution in [0.25, 0.3) is 0 Å². The van der Waals surface area contributed by atoms with Crippen molar-refractivity contribution in [2.24, 2.45) is 0 Å². The largest absolute Gasteiger partial charge is 0.365 e. The molecule has 0 saturated heterocycles. The first-order chi connectivity index (χ1) is 10.3. The second-order valence-corrected chi connectivity index (χ2v) is 6.43. The first kappa shape index (κ1) is 20.9. The van der Waals surface area contributed by atoms with Gasteiger partial charge in [0.05, 0.1) is 6.61 Å². The van der Waals surface area contributed by atoms with Crippen molar-refractivity contribution in [3.63, 3.8) is 0 Å². The second kappa shape index (κ2) is 12.4. The molecule has 0 amide bonds. The summed E-state index contributed by atoms with van der Waals surface area (Å²) in [5.41, 5.74) is 5.15. The minimum absolute atomic E-state index is 0.458. The normalized spacial score (nSPS) is 13.8. The smallest absolute Gasteiger partial charge is 0.174 e. The average molecular weight is 306 g/mol. The van der Waals surface area contributed by atoms with Crippen molar-refractivity contribution in [1.82, 2.24) is 0 Å². The van der Waals surface area contributed by atoms with Crippen molar-refractivity contribution in [2.45, 2.75) is 73.5 Å². The molecule has 22 heavy (non-hydrogen) atoms. The summed E-state index contributed by atoms with van der Waals surface area (Å²) in [6.07, 6.45) is 11.6. The zero-order valence-corrected chi connectivity index (χ0v) is 15.3. The van der Waals surface area contributed by atoms with Gasteiger partial charge in [0.2, 0.25) is 0 Å². The zero-order valence-electron chi connectivity index (χ0n) is 15.3. The molecule has 0 aromatic heterocycles. The lowest BCUT2D eigenvalue weighted by molar-refractivity contribution is -0.0529. The maximum atomic E-state index is 9.84. The molecule has 0 aliphatic carbocycles. The average Bonchev–Trinajstić information content (AvgIpc) is 2.37. The van der Waals surface area contributed by atoms with Gasteiger partial charge in [-0.05, 0) is 73.3 Å². The standard InChI is InChI=1S/C20H34O2/c1-16(2)9-7-11-18(5)13-14-22-20(21)15-19(6)12-8-10-17(3)4/h9-10,13,15,20-21H,7-8,11-12,14H2,1-6H3/b18-13+,19-15+. The molecule has 1 atom stereocenters. The molecule has 0 aromatic carbocycles. The summed E-state index contributed by atoms with van der Waals surface area (Å²) < 4.78 is 5.41. The van der Waals surface area contributed by atoms with E-state index in [4.69, 9.17) is 4.74 Å². The van der Waals surface area contributed by atoms with Crippen molar-refractivity contribution in [1.29, 1.82) is 0 Å². The Bertz CT molecular complexity index is 417. The van der Waals surface area contributed by atoms with Gasteiger partial charge >= 0.3 is 0 Å². The van der Waals surface area contributed by atoms with Crippen LogP contribution < -0.4 is 0 Å². The molecular weight excluding hydrogens is 272 g/mol. The molecule has 1 unspecified atom stereocenters. The lowest BCUT2D eigenvalue weighted by atomic mass is 10.1. The van der Waals surface area contributed by atoms with E-state index in [2.05, 4.69) is 52.8 Å². The molecule has 0 aliphatic rings. The Hall–Kier alpha value is -1.12. The van der Waals surface area contributed by atoms with E-state index in [9.17, 15) is 5.11 Å². The van der Waals surface area contributed by atoms with Gasteiger partial charge in [0.15, 0.2) is 6.29 Å². The van der Waals surface area contributed by atoms with Crippen LogP contribution in [0.1, 0.15) is 67.2 Å². The molecule has 0 rings (SSSR count). The third-order valence-electron chi connectivity index (χ3n) is 3.31. The van der Waals surface area contributed by atoms with E-state index in [0.717, 1.165) is 31.3 Å². The van der Waals surface area contributed by atoms with Crippen LogP contribution in [0.2, 0.25) is 0 Å². The maximum absolute atomic E-state index is 9.84. The Kier molecular flexibility index (Phi) is 11.8. The molecule has 0 bridgehead atoms. The highest BCUT2D eigenvalue weighted by molar-refractivity contribution is 5.04. The number of hydrogen-bond acceptors (Lipinski definition) is 2. The third kappa shape index (κ3) is 13.8. The summed E-state index contributed by atoms with van der Waals surface area (Å²) in [5, 5.41) is 9.84. The molecule has 0 aromatic rings. The van der Waals surface area contributed by atoms with Crippen LogP contribution in [0, 0.1) is 0 Å². The Morgan fingerprint density at radius 3 is 1.82 bits per heavy atom. The summed E-state index contributed by atoms with van der Waals surface area (Å²) in [6.45, 7) is 13.0. The predicted molar refractivity (Wildman–Crippen MR) is 96.8 cm³/mol. The van der Waals surface area contributed by atoms with Crippen molar-refractivity contribution < 1.29 is 9.84 Å². The highest BCUT2D eigenvalue weighted by Gasteiger charge is 2.00. The van der Waals surface area contributed by atoms with Crippen LogP contribution in [0.4, 0.5) is 0 Å². The summed E-state index contributed by atoms with van der Waals surface area (Å²) in [5.74, 6) is 0. The predicted octanol–water partition coefficient (Wildman–Crippen LogP) is 5.71. The molecule has 0 aliphatic heterocycles. The van der Waals surface area contributed by atoms with E-state index in [1.165, 1.54) is 16.7 Å². The van der Waals surface area contributed by atoms with Gasteiger partial charge in [0.25, 0.3) is 0 Å². The molecule has 126 valence electrons. The van der Waals surface area contributed by atoms with Crippen molar-refractivity contribution in [3.8, 4) is 0 Å². The van der Waals surface area contributed by atoms with E-state index in [1.807, 2.05) is 6.92 Å². The van der Waals surface area contributed by atoms with Crippen molar-refractivity contribution in [3.05, 3.63) is 46.6 Å². The zero-order chi connectivity index (χ0) is 17.0. The molecule has 0 radical (unpaired) electrons. The number of allylic oxidation sites excluding steroid dienone is 6. The van der Waals surface area contributed by atoms with Crippen LogP contribution in [-0.2, 0) is 4.74 Å². The van der Waals surface area contributed by atoms with E-state index in [0.29, 0.717) is 6.61 Å². The molecule has 0 heterocycles. The fraction of sp³-hybridized carbons (Fsp3) is 0.600. The molecule has 1 N–H and O–H groups in total. The van der Waals surface area contributed by atoms with Gasteiger partial charge in [-0.2, -0.15) is 0 Å². The van der Waals surface area contributed by atoms with Crippen molar-refractivity contribution in [2.75, 3.05) is 6.61 Å². The summed E-state index contributed by atoms with van der Waals surface area (Å²) in [7, 11) is 0. The van der Waals surface area contributed by atoms with E-state index < -0.39 is 6.29 Å². The van der Waals surface area contributed by atoms with Gasteiger partial charge in [-0.25, -0.2) is 0 Å². The number of aliphatic hydroxyl groups excluding tert-OH is 1. The van der Waals surface area contributed by atoms with Gasteiger partial charge in [-0.15, -0.1) is 0 Å². The van der Waals surface area contributed by atoms with E-state index in [-0.39, 0.29) is 0 Å². The SMILES string of the molecule is CC(C)=CCC/C(C)=C/COC(O)/C=C(\C)CCC=C(C)C. The third-order valence-corrected chi connectivity index (χ3v) is 3.31. The maximum Gasteiger partial charge on any atom is 0.174 e. The molecule has 2 nitrogen and oxygen atoms in total. The van der Waals surface area contributed by atoms with E-state index >= 15 is 0 Å². The molecular formula is C20H34O2. The van der Waals surface area contributed by atoms with Gasteiger partial charge in [0, 0.05) is 0 Å². The minimum atomic E-state index is -0.812. The van der Waals surface area contributed by atoms with Crippen LogP contribution in [0.3, 0.4) is 0 Å². The number of ether oxygens (including phenoxy) is 1. The Balaban J connectivity index is 4.03. The number of aliphatic hydroxyl groups is 1. The highest BCUT2D eigenvalue weighted by atomic mass is 16.6. The number of rotatable bonds is 10.